The van der Waals surface area contributed by atoms with E-state index in [9.17, 15) is 13.2 Å². The van der Waals surface area contributed by atoms with Crippen molar-refractivity contribution in [3.63, 3.8) is 0 Å². The van der Waals surface area contributed by atoms with Gasteiger partial charge in [-0.3, -0.25) is 9.48 Å². The normalized spacial score (nSPS) is 15.7. The molecule has 140 valence electrons. The summed E-state index contributed by atoms with van der Waals surface area (Å²) >= 11 is 0. The molecule has 3 rings (SSSR count). The lowest BCUT2D eigenvalue weighted by atomic mass is 10.3. The summed E-state index contributed by atoms with van der Waals surface area (Å²) in [5.41, 5.74) is 1.56. The van der Waals surface area contributed by atoms with Gasteiger partial charge in [-0.05, 0) is 37.3 Å². The van der Waals surface area contributed by atoms with E-state index in [1.807, 2.05) is 13.0 Å². The highest BCUT2D eigenvalue weighted by Gasteiger charge is 2.26. The topological polar surface area (TPSA) is 93.5 Å². The number of carbonyl (C=O) groups is 1. The Hall–Kier alpha value is -2.23. The summed E-state index contributed by atoms with van der Waals surface area (Å²) in [5.74, 6) is -0.149. The summed E-state index contributed by atoms with van der Waals surface area (Å²) in [6.45, 7) is 3.94. The molecule has 1 saturated heterocycles. The van der Waals surface area contributed by atoms with Crippen LogP contribution in [0.15, 0.2) is 41.4 Å². The third-order valence-corrected chi connectivity index (χ3v) is 6.14. The van der Waals surface area contributed by atoms with Crippen LogP contribution in [0.4, 0.5) is 5.69 Å². The van der Waals surface area contributed by atoms with Crippen LogP contribution < -0.4 is 5.32 Å². The van der Waals surface area contributed by atoms with Crippen molar-refractivity contribution < 1.29 is 17.9 Å². The first kappa shape index (κ1) is 18.6. The first-order valence-electron chi connectivity index (χ1n) is 8.43. The number of nitrogens with zero attached hydrogens (tertiary/aromatic N) is 3. The number of aryl methyl sites for hydroxylation is 2. The van der Waals surface area contributed by atoms with Gasteiger partial charge in [-0.2, -0.15) is 9.40 Å². The van der Waals surface area contributed by atoms with Crippen molar-refractivity contribution in [2.75, 3.05) is 31.6 Å². The second-order valence-electron chi connectivity index (χ2n) is 6.03. The van der Waals surface area contributed by atoms with Crippen molar-refractivity contribution in [3.8, 4) is 0 Å². The summed E-state index contributed by atoms with van der Waals surface area (Å²) < 4.78 is 33.5. The molecule has 26 heavy (non-hydrogen) atoms. The molecule has 2 aromatic rings. The molecule has 1 aliphatic rings. The van der Waals surface area contributed by atoms with Crippen molar-refractivity contribution in [2.24, 2.45) is 0 Å². The molecule has 8 nitrogen and oxygen atoms in total. The van der Waals surface area contributed by atoms with Crippen LogP contribution in [0, 0.1) is 6.92 Å². The number of benzene rings is 1. The molecule has 9 heteroatoms. The molecular weight excluding hydrogens is 356 g/mol. The van der Waals surface area contributed by atoms with Crippen LogP contribution in [-0.4, -0.2) is 54.7 Å². The van der Waals surface area contributed by atoms with Gasteiger partial charge in [0.1, 0.15) is 0 Å². The number of ether oxygens (including phenoxy) is 1. The molecule has 0 saturated carbocycles. The Kier molecular flexibility index (Phi) is 5.70. The number of rotatable bonds is 6. The Bertz CT molecular complexity index is 855. The molecule has 0 aliphatic carbocycles. The number of morpholine rings is 1. The molecule has 1 aromatic heterocycles. The highest BCUT2D eigenvalue weighted by Crippen LogP contribution is 2.19. The lowest BCUT2D eigenvalue weighted by Gasteiger charge is -2.26. The molecule has 2 heterocycles. The Labute approximate surface area is 152 Å². The van der Waals surface area contributed by atoms with E-state index in [1.54, 1.807) is 23.0 Å². The molecule has 0 spiro atoms. The molecule has 0 atom stereocenters. The lowest BCUT2D eigenvalue weighted by Crippen LogP contribution is -2.40. The van der Waals surface area contributed by atoms with Gasteiger partial charge in [-0.25, -0.2) is 8.42 Å². The van der Waals surface area contributed by atoms with Gasteiger partial charge in [-0.15, -0.1) is 0 Å². The predicted octanol–water partition coefficient (Wildman–Crippen LogP) is 1.24. The number of hydrogen-bond donors (Lipinski definition) is 1. The van der Waals surface area contributed by atoms with Crippen LogP contribution in [-0.2, 0) is 26.1 Å². The minimum absolute atomic E-state index is 0.149. The van der Waals surface area contributed by atoms with Gasteiger partial charge in [0.2, 0.25) is 15.9 Å². The van der Waals surface area contributed by atoms with Crippen LogP contribution in [0.5, 0.6) is 0 Å². The number of carbonyl (C=O) groups excluding carboxylic acids is 1. The number of nitrogens with one attached hydrogen (secondary N) is 1. The van der Waals surface area contributed by atoms with Crippen LogP contribution in [0.25, 0.3) is 0 Å². The SMILES string of the molecule is Cc1ccnn1CCC(=O)Nc1ccc(S(=O)(=O)N2CCOCC2)cc1. The van der Waals surface area contributed by atoms with Crippen molar-refractivity contribution >= 4 is 21.6 Å². The van der Waals surface area contributed by atoms with Gasteiger partial charge in [0.15, 0.2) is 0 Å². The van der Waals surface area contributed by atoms with Gasteiger partial charge in [0.05, 0.1) is 18.1 Å². The lowest BCUT2D eigenvalue weighted by molar-refractivity contribution is -0.116. The van der Waals surface area contributed by atoms with E-state index < -0.39 is 10.0 Å². The quantitative estimate of drug-likeness (QED) is 0.816. The van der Waals surface area contributed by atoms with Crippen molar-refractivity contribution in [2.45, 2.75) is 24.8 Å². The Balaban J connectivity index is 1.58. The molecule has 1 N–H and O–H groups in total. The average molecular weight is 378 g/mol. The fourth-order valence-electron chi connectivity index (χ4n) is 2.71. The first-order valence-corrected chi connectivity index (χ1v) is 9.87. The van der Waals surface area contributed by atoms with E-state index in [4.69, 9.17) is 4.74 Å². The van der Waals surface area contributed by atoms with Crippen molar-refractivity contribution in [3.05, 3.63) is 42.2 Å². The van der Waals surface area contributed by atoms with E-state index >= 15 is 0 Å². The number of amides is 1. The Morgan fingerprint density at radius 2 is 1.88 bits per heavy atom. The highest BCUT2D eigenvalue weighted by molar-refractivity contribution is 7.89. The highest BCUT2D eigenvalue weighted by atomic mass is 32.2. The van der Waals surface area contributed by atoms with Gasteiger partial charge in [0, 0.05) is 43.6 Å². The molecule has 1 aliphatic heterocycles. The Morgan fingerprint density at radius 3 is 2.50 bits per heavy atom. The van der Waals surface area contributed by atoms with E-state index in [-0.39, 0.29) is 17.2 Å². The predicted molar refractivity (Wildman–Crippen MR) is 96.2 cm³/mol. The maximum Gasteiger partial charge on any atom is 0.243 e. The monoisotopic (exact) mass is 378 g/mol. The maximum atomic E-state index is 12.6. The van der Waals surface area contributed by atoms with Crippen LogP contribution in [0.2, 0.25) is 0 Å². The zero-order valence-corrected chi connectivity index (χ0v) is 15.4. The van der Waals surface area contributed by atoms with Gasteiger partial charge < -0.3 is 10.1 Å². The minimum atomic E-state index is -3.52. The number of aromatic nitrogens is 2. The maximum absolute atomic E-state index is 12.6. The van der Waals surface area contributed by atoms with Crippen molar-refractivity contribution in [1.82, 2.24) is 14.1 Å². The first-order chi connectivity index (χ1) is 12.5. The molecule has 1 fully saturated rings. The zero-order valence-electron chi connectivity index (χ0n) is 14.6. The minimum Gasteiger partial charge on any atom is -0.379 e. The van der Waals surface area contributed by atoms with E-state index in [0.717, 1.165) is 5.69 Å². The number of sulfonamides is 1. The second-order valence-corrected chi connectivity index (χ2v) is 7.97. The smallest absolute Gasteiger partial charge is 0.243 e. The second kappa shape index (κ2) is 7.98. The summed E-state index contributed by atoms with van der Waals surface area (Å²) in [6, 6.07) is 8.11. The number of hydrogen-bond acceptors (Lipinski definition) is 5. The van der Waals surface area contributed by atoms with Gasteiger partial charge in [0.25, 0.3) is 0 Å². The standard InChI is InChI=1S/C17H22N4O4S/c1-14-6-8-18-21(14)9-7-17(22)19-15-2-4-16(5-3-15)26(23,24)20-10-12-25-13-11-20/h2-6,8H,7,9-13H2,1H3,(H,19,22). The zero-order chi connectivity index (χ0) is 18.6. The summed E-state index contributed by atoms with van der Waals surface area (Å²) in [4.78, 5) is 12.3. The average Bonchev–Trinajstić information content (AvgIpc) is 3.06. The molecule has 1 aromatic carbocycles. The third-order valence-electron chi connectivity index (χ3n) is 4.23. The van der Waals surface area contributed by atoms with Gasteiger partial charge in [-0.1, -0.05) is 0 Å². The molecule has 1 amide bonds. The molecule has 0 unspecified atom stereocenters. The van der Waals surface area contributed by atoms with Crippen LogP contribution in [0.3, 0.4) is 0 Å². The largest absolute Gasteiger partial charge is 0.379 e. The van der Waals surface area contributed by atoms with E-state index in [2.05, 4.69) is 10.4 Å². The van der Waals surface area contributed by atoms with E-state index in [1.165, 1.54) is 16.4 Å². The van der Waals surface area contributed by atoms with Crippen LogP contribution in [0.1, 0.15) is 12.1 Å². The summed E-state index contributed by atoms with van der Waals surface area (Å²) in [6.07, 6.45) is 1.98. The molecule has 0 bridgehead atoms. The fraction of sp³-hybridized carbons (Fsp3) is 0.412. The fourth-order valence-corrected chi connectivity index (χ4v) is 4.12. The molecule has 0 radical (unpaired) electrons. The van der Waals surface area contributed by atoms with Crippen LogP contribution >= 0.6 is 0 Å². The van der Waals surface area contributed by atoms with Crippen molar-refractivity contribution in [1.29, 1.82) is 0 Å². The Morgan fingerprint density at radius 1 is 1.19 bits per heavy atom. The third kappa shape index (κ3) is 4.29. The number of anilines is 1. The van der Waals surface area contributed by atoms with E-state index in [0.29, 0.717) is 38.5 Å². The summed E-state index contributed by atoms with van der Waals surface area (Å²) in [5, 5.41) is 6.91. The van der Waals surface area contributed by atoms with Gasteiger partial charge >= 0.3 is 0 Å². The summed E-state index contributed by atoms with van der Waals surface area (Å²) in [7, 11) is -3.52. The molecular formula is C17H22N4O4S.